The molecule has 2 nitrogen and oxygen atoms in total. The minimum Gasteiger partial charge on any atom is -0.295 e. The van der Waals surface area contributed by atoms with Gasteiger partial charge in [-0.3, -0.25) is 4.57 Å². The molecule has 3 rings (SSSR count). The maximum atomic E-state index is 13.5. The summed E-state index contributed by atoms with van der Waals surface area (Å²) in [6, 6.07) is 7.44. The van der Waals surface area contributed by atoms with Crippen molar-refractivity contribution in [2.24, 2.45) is 0 Å². The third-order valence-electron chi connectivity index (χ3n) is 3.29. The molecule has 1 aromatic heterocycles. The number of alkyl halides is 1. The fourth-order valence-corrected chi connectivity index (χ4v) is 2.61. The van der Waals surface area contributed by atoms with Crippen LogP contribution in [0.15, 0.2) is 30.3 Å². The number of fused-ring (bicyclic) bond motifs is 1. The number of nitrogens with zero attached hydrogens (tertiary/aromatic N) is 2. The highest BCUT2D eigenvalue weighted by molar-refractivity contribution is 6.31. The van der Waals surface area contributed by atoms with Gasteiger partial charge in [-0.15, -0.1) is 11.6 Å². The Morgan fingerprint density at radius 1 is 1.14 bits per heavy atom. The largest absolute Gasteiger partial charge is 0.295 e. The first-order valence-electron chi connectivity index (χ1n) is 6.20. The van der Waals surface area contributed by atoms with E-state index in [1.54, 1.807) is 23.6 Å². The van der Waals surface area contributed by atoms with Crippen molar-refractivity contribution in [2.75, 3.05) is 0 Å². The van der Waals surface area contributed by atoms with Crippen molar-refractivity contribution < 1.29 is 8.78 Å². The summed E-state index contributed by atoms with van der Waals surface area (Å²) in [6.07, 6.45) is 0. The molecule has 3 aromatic rings. The first-order valence-corrected chi connectivity index (χ1v) is 7.11. The molecule has 0 atom stereocenters. The maximum Gasteiger partial charge on any atom is 0.144 e. The van der Waals surface area contributed by atoms with Crippen molar-refractivity contribution in [2.45, 2.75) is 12.8 Å². The number of hydrogen-bond acceptors (Lipinski definition) is 1. The molecule has 2 aromatic carbocycles. The van der Waals surface area contributed by atoms with E-state index >= 15 is 0 Å². The summed E-state index contributed by atoms with van der Waals surface area (Å²) in [5.41, 5.74) is 2.29. The molecule has 0 N–H and O–H groups in total. The molecule has 0 aliphatic rings. The number of halogens is 4. The quantitative estimate of drug-likeness (QED) is 0.605. The molecule has 0 aliphatic carbocycles. The zero-order valence-corrected chi connectivity index (χ0v) is 12.5. The minimum absolute atomic E-state index is 0.00334. The highest BCUT2D eigenvalue weighted by Gasteiger charge is 2.15. The molecule has 0 amide bonds. The van der Waals surface area contributed by atoms with E-state index in [-0.39, 0.29) is 16.7 Å². The fraction of sp³-hybridized carbons (Fsp3) is 0.133. The van der Waals surface area contributed by atoms with Crippen molar-refractivity contribution in [1.29, 1.82) is 0 Å². The van der Waals surface area contributed by atoms with Gasteiger partial charge in [-0.25, -0.2) is 13.8 Å². The SMILES string of the molecule is Cc1cc(-n2c(CCl)nc3cc(F)c(Cl)cc32)ccc1F. The lowest BCUT2D eigenvalue weighted by Crippen LogP contribution is -2.00. The van der Waals surface area contributed by atoms with Crippen LogP contribution >= 0.6 is 23.2 Å². The molecule has 0 saturated heterocycles. The van der Waals surface area contributed by atoms with E-state index in [0.717, 1.165) is 0 Å². The Balaban J connectivity index is 2.34. The second kappa shape index (κ2) is 5.28. The summed E-state index contributed by atoms with van der Waals surface area (Å²) in [5, 5.41) is 0.00334. The Hall–Kier alpha value is -1.65. The zero-order valence-electron chi connectivity index (χ0n) is 11.0. The summed E-state index contributed by atoms with van der Waals surface area (Å²) in [4.78, 5) is 4.30. The third-order valence-corrected chi connectivity index (χ3v) is 3.81. The number of benzene rings is 2. The average Bonchev–Trinajstić information content (AvgIpc) is 2.80. The maximum absolute atomic E-state index is 13.5. The Labute approximate surface area is 129 Å². The summed E-state index contributed by atoms with van der Waals surface area (Å²) in [5.74, 6) is -0.145. The summed E-state index contributed by atoms with van der Waals surface area (Å²) < 4.78 is 28.7. The second-order valence-electron chi connectivity index (χ2n) is 4.69. The molecule has 1 heterocycles. The molecule has 6 heteroatoms. The van der Waals surface area contributed by atoms with Gasteiger partial charge < -0.3 is 0 Å². The topological polar surface area (TPSA) is 17.8 Å². The van der Waals surface area contributed by atoms with Crippen molar-refractivity contribution in [3.05, 3.63) is 58.4 Å². The van der Waals surface area contributed by atoms with Crippen LogP contribution in [0.2, 0.25) is 5.02 Å². The van der Waals surface area contributed by atoms with Gasteiger partial charge in [-0.1, -0.05) is 11.6 Å². The van der Waals surface area contributed by atoms with Crippen LogP contribution in [0.3, 0.4) is 0 Å². The van der Waals surface area contributed by atoms with Crippen LogP contribution in [-0.4, -0.2) is 9.55 Å². The van der Waals surface area contributed by atoms with E-state index in [1.807, 2.05) is 0 Å². The predicted octanol–water partition coefficient (Wildman–Crippen LogP) is 5.00. The van der Waals surface area contributed by atoms with Crippen LogP contribution in [0.4, 0.5) is 8.78 Å². The van der Waals surface area contributed by atoms with E-state index in [0.29, 0.717) is 28.1 Å². The molecular formula is C15H10Cl2F2N2. The number of rotatable bonds is 2. The Morgan fingerprint density at radius 2 is 1.90 bits per heavy atom. The van der Waals surface area contributed by atoms with Crippen LogP contribution in [0.1, 0.15) is 11.4 Å². The molecule has 0 fully saturated rings. The molecule has 0 aliphatic heterocycles. The minimum atomic E-state index is -0.537. The Morgan fingerprint density at radius 3 is 2.57 bits per heavy atom. The lowest BCUT2D eigenvalue weighted by Gasteiger charge is -2.09. The van der Waals surface area contributed by atoms with Crippen molar-refractivity contribution in [1.82, 2.24) is 9.55 Å². The lowest BCUT2D eigenvalue weighted by molar-refractivity contribution is 0.618. The van der Waals surface area contributed by atoms with E-state index in [4.69, 9.17) is 23.2 Å². The van der Waals surface area contributed by atoms with Crippen molar-refractivity contribution in [3.8, 4) is 5.69 Å². The van der Waals surface area contributed by atoms with E-state index in [2.05, 4.69) is 4.98 Å². The standard InChI is InChI=1S/C15H10Cl2F2N2/c1-8-4-9(2-3-11(8)18)21-14-5-10(17)12(19)6-13(14)20-15(21)7-16/h2-6H,7H2,1H3. The molecule has 0 radical (unpaired) electrons. The van der Waals surface area contributed by atoms with Gasteiger partial charge >= 0.3 is 0 Å². The van der Waals surface area contributed by atoms with Crippen LogP contribution in [0.5, 0.6) is 0 Å². The highest BCUT2D eigenvalue weighted by atomic mass is 35.5. The molecule has 0 bridgehead atoms. The summed E-state index contributed by atoms with van der Waals surface area (Å²) in [6.45, 7) is 1.67. The van der Waals surface area contributed by atoms with Crippen LogP contribution < -0.4 is 0 Å². The average molecular weight is 327 g/mol. The lowest BCUT2D eigenvalue weighted by atomic mass is 10.2. The van der Waals surface area contributed by atoms with E-state index in [1.165, 1.54) is 18.2 Å². The van der Waals surface area contributed by atoms with Gasteiger partial charge in [0.25, 0.3) is 0 Å². The monoisotopic (exact) mass is 326 g/mol. The normalized spacial score (nSPS) is 11.3. The highest BCUT2D eigenvalue weighted by Crippen LogP contribution is 2.28. The van der Waals surface area contributed by atoms with Gasteiger partial charge in [-0.2, -0.15) is 0 Å². The van der Waals surface area contributed by atoms with Gasteiger partial charge in [0.05, 0.1) is 21.9 Å². The predicted molar refractivity (Wildman–Crippen MR) is 80.3 cm³/mol. The number of aryl methyl sites for hydroxylation is 1. The fourth-order valence-electron chi connectivity index (χ4n) is 2.27. The van der Waals surface area contributed by atoms with Gasteiger partial charge in [0.1, 0.15) is 17.5 Å². The first-order chi connectivity index (χ1) is 10.0. The van der Waals surface area contributed by atoms with Crippen LogP contribution in [0.25, 0.3) is 16.7 Å². The van der Waals surface area contributed by atoms with E-state index in [9.17, 15) is 8.78 Å². The van der Waals surface area contributed by atoms with Gasteiger partial charge in [0, 0.05) is 11.8 Å². The molecule has 0 unspecified atom stereocenters. The molecular weight excluding hydrogens is 317 g/mol. The van der Waals surface area contributed by atoms with Crippen LogP contribution in [-0.2, 0) is 5.88 Å². The van der Waals surface area contributed by atoms with Gasteiger partial charge in [0.2, 0.25) is 0 Å². The second-order valence-corrected chi connectivity index (χ2v) is 5.36. The number of hydrogen-bond donors (Lipinski definition) is 0. The number of imidazole rings is 1. The summed E-state index contributed by atoms with van der Waals surface area (Å²) >= 11 is 11.8. The number of aromatic nitrogens is 2. The Kier molecular flexibility index (Phi) is 3.59. The summed E-state index contributed by atoms with van der Waals surface area (Å²) in [7, 11) is 0. The molecule has 0 spiro atoms. The third kappa shape index (κ3) is 2.39. The van der Waals surface area contributed by atoms with Crippen molar-refractivity contribution in [3.63, 3.8) is 0 Å². The molecule has 0 saturated carbocycles. The molecule has 108 valence electrons. The Bertz CT molecular complexity index is 843. The van der Waals surface area contributed by atoms with E-state index < -0.39 is 5.82 Å². The van der Waals surface area contributed by atoms with Crippen molar-refractivity contribution >= 4 is 34.2 Å². The zero-order chi connectivity index (χ0) is 15.1. The smallest absolute Gasteiger partial charge is 0.144 e. The molecule has 21 heavy (non-hydrogen) atoms. The van der Waals surface area contributed by atoms with Gasteiger partial charge in [0.15, 0.2) is 0 Å². The first kappa shape index (κ1) is 14.3. The van der Waals surface area contributed by atoms with Crippen LogP contribution in [0, 0.1) is 18.6 Å². The van der Waals surface area contributed by atoms with Gasteiger partial charge in [-0.05, 0) is 36.8 Å².